The SMILES string of the molecule is CC.Cc1ccn2nc(-c3ccccc3)nc2c1. The van der Waals surface area contributed by atoms with Crippen LogP contribution in [0.5, 0.6) is 0 Å². The number of aromatic nitrogens is 3. The monoisotopic (exact) mass is 239 g/mol. The van der Waals surface area contributed by atoms with E-state index >= 15 is 0 Å². The standard InChI is InChI=1S/C13H11N3.C2H6/c1-10-7-8-16-12(9-10)14-13(15-16)11-5-3-2-4-6-11;1-2/h2-9H,1H3;1-2H3. The Hall–Kier alpha value is -2.16. The average Bonchev–Trinajstić information content (AvgIpc) is 2.85. The number of nitrogens with zero attached hydrogens (tertiary/aromatic N) is 3. The molecule has 0 aliphatic rings. The van der Waals surface area contributed by atoms with Crippen molar-refractivity contribution in [2.75, 3.05) is 0 Å². The molecule has 0 fully saturated rings. The minimum atomic E-state index is 0.770. The van der Waals surface area contributed by atoms with Crippen molar-refractivity contribution in [2.45, 2.75) is 20.8 Å². The van der Waals surface area contributed by atoms with Crippen LogP contribution in [0.25, 0.3) is 17.0 Å². The molecule has 0 saturated carbocycles. The molecule has 3 nitrogen and oxygen atoms in total. The average molecular weight is 239 g/mol. The van der Waals surface area contributed by atoms with Crippen LogP contribution in [0.2, 0.25) is 0 Å². The molecule has 0 saturated heterocycles. The van der Waals surface area contributed by atoms with Crippen LogP contribution in [0.1, 0.15) is 19.4 Å². The van der Waals surface area contributed by atoms with Gasteiger partial charge < -0.3 is 0 Å². The van der Waals surface area contributed by atoms with Crippen LogP contribution in [0.15, 0.2) is 48.7 Å². The van der Waals surface area contributed by atoms with Gasteiger partial charge in [0.15, 0.2) is 11.5 Å². The summed E-state index contributed by atoms with van der Waals surface area (Å²) in [5.74, 6) is 0.770. The van der Waals surface area contributed by atoms with Crippen LogP contribution in [0.4, 0.5) is 0 Å². The van der Waals surface area contributed by atoms with Crippen molar-refractivity contribution in [2.24, 2.45) is 0 Å². The lowest BCUT2D eigenvalue weighted by molar-refractivity contribution is 0.962. The zero-order valence-corrected chi connectivity index (χ0v) is 11.0. The van der Waals surface area contributed by atoms with Crippen molar-refractivity contribution in [1.29, 1.82) is 0 Å². The number of aryl methyl sites for hydroxylation is 1. The Labute approximate surface area is 107 Å². The summed E-state index contributed by atoms with van der Waals surface area (Å²) in [4.78, 5) is 4.50. The minimum absolute atomic E-state index is 0.770. The first kappa shape index (κ1) is 12.3. The van der Waals surface area contributed by atoms with Crippen LogP contribution in [0.3, 0.4) is 0 Å². The second-order valence-electron chi connectivity index (χ2n) is 3.81. The molecule has 0 atom stereocenters. The number of hydrogen-bond acceptors (Lipinski definition) is 2. The minimum Gasteiger partial charge on any atom is -0.221 e. The molecule has 3 rings (SSSR count). The second-order valence-corrected chi connectivity index (χ2v) is 3.81. The van der Waals surface area contributed by atoms with E-state index in [0.717, 1.165) is 17.0 Å². The van der Waals surface area contributed by atoms with Crippen molar-refractivity contribution in [3.05, 3.63) is 54.2 Å². The van der Waals surface area contributed by atoms with E-state index in [-0.39, 0.29) is 0 Å². The highest BCUT2D eigenvalue weighted by atomic mass is 15.3. The van der Waals surface area contributed by atoms with Crippen LogP contribution < -0.4 is 0 Å². The number of rotatable bonds is 1. The van der Waals surface area contributed by atoms with Crippen LogP contribution in [-0.4, -0.2) is 14.6 Å². The van der Waals surface area contributed by atoms with E-state index in [1.807, 2.05) is 62.5 Å². The molecule has 1 aromatic carbocycles. The Morgan fingerprint density at radius 3 is 2.44 bits per heavy atom. The maximum absolute atomic E-state index is 4.50. The Kier molecular flexibility index (Phi) is 3.72. The van der Waals surface area contributed by atoms with Gasteiger partial charge in [-0.15, -0.1) is 5.10 Å². The van der Waals surface area contributed by atoms with Crippen molar-refractivity contribution in [1.82, 2.24) is 14.6 Å². The van der Waals surface area contributed by atoms with Crippen LogP contribution in [-0.2, 0) is 0 Å². The summed E-state index contributed by atoms with van der Waals surface area (Å²) in [6.45, 7) is 6.05. The van der Waals surface area contributed by atoms with Crippen molar-refractivity contribution >= 4 is 5.65 Å². The van der Waals surface area contributed by atoms with E-state index in [1.165, 1.54) is 5.56 Å². The molecule has 3 heteroatoms. The van der Waals surface area contributed by atoms with E-state index in [0.29, 0.717) is 0 Å². The van der Waals surface area contributed by atoms with Crippen LogP contribution >= 0.6 is 0 Å². The molecule has 3 aromatic rings. The molecule has 0 aliphatic carbocycles. The van der Waals surface area contributed by atoms with Gasteiger partial charge in [-0.05, 0) is 24.6 Å². The summed E-state index contributed by atoms with van der Waals surface area (Å²) in [6.07, 6.45) is 1.93. The van der Waals surface area contributed by atoms with E-state index in [4.69, 9.17) is 0 Å². The zero-order chi connectivity index (χ0) is 13.0. The Morgan fingerprint density at radius 1 is 1.00 bits per heavy atom. The molecule has 0 aliphatic heterocycles. The highest BCUT2D eigenvalue weighted by Gasteiger charge is 2.04. The third-order valence-electron chi connectivity index (χ3n) is 2.53. The Bertz CT molecular complexity index is 627. The molecule has 0 unspecified atom stereocenters. The highest BCUT2D eigenvalue weighted by molar-refractivity contribution is 5.58. The Balaban J connectivity index is 0.000000574. The van der Waals surface area contributed by atoms with Crippen molar-refractivity contribution in [3.63, 3.8) is 0 Å². The summed E-state index contributed by atoms with van der Waals surface area (Å²) >= 11 is 0. The van der Waals surface area contributed by atoms with Gasteiger partial charge in [0.1, 0.15) is 0 Å². The maximum Gasteiger partial charge on any atom is 0.182 e. The first-order chi connectivity index (χ1) is 8.83. The lowest BCUT2D eigenvalue weighted by Gasteiger charge is -1.91. The third kappa shape index (κ3) is 2.40. The highest BCUT2D eigenvalue weighted by Crippen LogP contribution is 2.15. The van der Waals surface area contributed by atoms with Gasteiger partial charge >= 0.3 is 0 Å². The van der Waals surface area contributed by atoms with Gasteiger partial charge in [0.05, 0.1) is 0 Å². The van der Waals surface area contributed by atoms with Gasteiger partial charge in [-0.25, -0.2) is 9.50 Å². The molecule has 2 aromatic heterocycles. The molecular weight excluding hydrogens is 222 g/mol. The van der Waals surface area contributed by atoms with Crippen molar-refractivity contribution in [3.8, 4) is 11.4 Å². The fourth-order valence-corrected chi connectivity index (χ4v) is 1.69. The third-order valence-corrected chi connectivity index (χ3v) is 2.53. The maximum atomic E-state index is 4.50. The summed E-state index contributed by atoms with van der Waals surface area (Å²) in [5.41, 5.74) is 3.13. The molecule has 0 spiro atoms. The zero-order valence-electron chi connectivity index (χ0n) is 11.0. The number of benzene rings is 1. The summed E-state index contributed by atoms with van der Waals surface area (Å²) in [7, 11) is 0. The fraction of sp³-hybridized carbons (Fsp3) is 0.200. The lowest BCUT2D eigenvalue weighted by Crippen LogP contribution is -1.86. The molecular formula is C15H17N3. The second kappa shape index (κ2) is 5.45. The van der Waals surface area contributed by atoms with E-state index in [9.17, 15) is 0 Å². The van der Waals surface area contributed by atoms with Gasteiger partial charge in [0, 0.05) is 11.8 Å². The molecule has 2 heterocycles. The molecule has 0 radical (unpaired) electrons. The fourth-order valence-electron chi connectivity index (χ4n) is 1.69. The predicted octanol–water partition coefficient (Wildman–Crippen LogP) is 3.73. The van der Waals surface area contributed by atoms with Gasteiger partial charge in [0.2, 0.25) is 0 Å². The lowest BCUT2D eigenvalue weighted by atomic mass is 10.2. The van der Waals surface area contributed by atoms with E-state index in [2.05, 4.69) is 17.0 Å². The van der Waals surface area contributed by atoms with Gasteiger partial charge in [-0.1, -0.05) is 44.2 Å². The largest absolute Gasteiger partial charge is 0.221 e. The summed E-state index contributed by atoms with van der Waals surface area (Å²) < 4.78 is 1.80. The number of pyridine rings is 1. The molecule has 92 valence electrons. The summed E-state index contributed by atoms with van der Waals surface area (Å²) in [5, 5.41) is 4.43. The predicted molar refractivity (Wildman–Crippen MR) is 74.5 cm³/mol. The molecule has 0 bridgehead atoms. The quantitative estimate of drug-likeness (QED) is 0.647. The van der Waals surface area contributed by atoms with E-state index < -0.39 is 0 Å². The summed E-state index contributed by atoms with van der Waals surface area (Å²) in [6, 6.07) is 14.1. The number of fused-ring (bicyclic) bond motifs is 1. The molecule has 0 amide bonds. The molecule has 18 heavy (non-hydrogen) atoms. The smallest absolute Gasteiger partial charge is 0.182 e. The molecule has 0 N–H and O–H groups in total. The van der Waals surface area contributed by atoms with Crippen LogP contribution in [0, 0.1) is 6.92 Å². The topological polar surface area (TPSA) is 30.2 Å². The normalized spacial score (nSPS) is 9.94. The first-order valence-corrected chi connectivity index (χ1v) is 6.21. The van der Waals surface area contributed by atoms with E-state index in [1.54, 1.807) is 4.52 Å². The van der Waals surface area contributed by atoms with Gasteiger partial charge in [-0.2, -0.15) is 0 Å². The van der Waals surface area contributed by atoms with Gasteiger partial charge in [0.25, 0.3) is 0 Å². The Morgan fingerprint density at radius 2 is 1.72 bits per heavy atom. The first-order valence-electron chi connectivity index (χ1n) is 6.21. The van der Waals surface area contributed by atoms with Gasteiger partial charge in [-0.3, -0.25) is 0 Å². The van der Waals surface area contributed by atoms with Crippen molar-refractivity contribution < 1.29 is 0 Å². The number of hydrogen-bond donors (Lipinski definition) is 0.